The molecular weight excluding hydrogens is 202 g/mol. The molecule has 1 saturated heterocycles. The normalized spacial score (nSPS) is 23.2. The number of hydrogen-bond donors (Lipinski definition) is 1. The van der Waals surface area contributed by atoms with Gasteiger partial charge in [-0.05, 0) is 33.1 Å². The molecule has 1 N–H and O–H groups in total. The molecule has 1 heterocycles. The van der Waals surface area contributed by atoms with Gasteiger partial charge in [-0.3, -0.25) is 4.79 Å². The fourth-order valence-electron chi connectivity index (χ4n) is 1.39. The number of halogens is 1. The second-order valence-corrected chi connectivity index (χ2v) is 4.63. The Balaban J connectivity index is 2.40. The predicted molar refractivity (Wildman–Crippen MR) is 56.5 cm³/mol. The molecule has 0 aromatic rings. The second kappa shape index (κ2) is 4.99. The molecule has 1 atom stereocenters. The summed E-state index contributed by atoms with van der Waals surface area (Å²) in [5, 5.41) is 2.88. The highest BCUT2D eigenvalue weighted by Gasteiger charge is 2.26. The van der Waals surface area contributed by atoms with Gasteiger partial charge in [0, 0.05) is 18.0 Å². The summed E-state index contributed by atoms with van der Waals surface area (Å²) in [5.74, 6) is 0.376. The minimum atomic E-state index is -0.348. The summed E-state index contributed by atoms with van der Waals surface area (Å²) < 4.78 is 5.37. The van der Waals surface area contributed by atoms with Crippen molar-refractivity contribution in [3.8, 4) is 0 Å². The summed E-state index contributed by atoms with van der Waals surface area (Å²) in [5.41, 5.74) is -0.348. The molecule has 0 saturated carbocycles. The van der Waals surface area contributed by atoms with Crippen LogP contribution in [0.3, 0.4) is 0 Å². The first-order valence-corrected chi connectivity index (χ1v) is 5.58. The average molecular weight is 220 g/mol. The maximum absolute atomic E-state index is 11.7. The molecule has 82 valence electrons. The molecule has 1 unspecified atom stereocenters. The molecule has 0 radical (unpaired) electrons. The van der Waals surface area contributed by atoms with E-state index in [0.29, 0.717) is 12.5 Å². The van der Waals surface area contributed by atoms with Crippen molar-refractivity contribution in [2.24, 2.45) is 0 Å². The van der Waals surface area contributed by atoms with E-state index < -0.39 is 0 Å². The van der Waals surface area contributed by atoms with Crippen molar-refractivity contribution >= 4 is 17.5 Å². The second-order valence-electron chi connectivity index (χ2n) is 4.36. The fraction of sp³-hybridized carbons (Fsp3) is 0.900. The van der Waals surface area contributed by atoms with E-state index in [1.807, 2.05) is 13.8 Å². The largest absolute Gasteiger partial charge is 0.368 e. The van der Waals surface area contributed by atoms with Gasteiger partial charge in [-0.15, -0.1) is 11.6 Å². The lowest BCUT2D eigenvalue weighted by atomic mass is 10.1. The SMILES string of the molecule is CC(C)(CCl)NC(=O)C1CCCCO1. The zero-order valence-electron chi connectivity index (χ0n) is 8.81. The van der Waals surface area contributed by atoms with Crippen LogP contribution >= 0.6 is 11.6 Å². The van der Waals surface area contributed by atoms with Crippen LogP contribution in [0.25, 0.3) is 0 Å². The van der Waals surface area contributed by atoms with Gasteiger partial charge in [0.1, 0.15) is 6.10 Å². The maximum atomic E-state index is 11.7. The molecule has 1 fully saturated rings. The summed E-state index contributed by atoms with van der Waals surface area (Å²) >= 11 is 5.72. The first-order chi connectivity index (χ1) is 6.55. The molecular formula is C10H18ClNO2. The van der Waals surface area contributed by atoms with E-state index in [4.69, 9.17) is 16.3 Å². The van der Waals surface area contributed by atoms with Crippen molar-refractivity contribution in [3.63, 3.8) is 0 Å². The van der Waals surface area contributed by atoms with Crippen LogP contribution in [-0.4, -0.2) is 30.0 Å². The lowest BCUT2D eigenvalue weighted by Crippen LogP contribution is -2.50. The molecule has 0 spiro atoms. The van der Waals surface area contributed by atoms with E-state index in [0.717, 1.165) is 19.3 Å². The minimum Gasteiger partial charge on any atom is -0.368 e. The molecule has 3 nitrogen and oxygen atoms in total. The molecule has 4 heteroatoms. The number of carbonyl (C=O) groups is 1. The van der Waals surface area contributed by atoms with Gasteiger partial charge in [-0.2, -0.15) is 0 Å². The first-order valence-electron chi connectivity index (χ1n) is 5.05. The summed E-state index contributed by atoms with van der Waals surface area (Å²) in [6, 6.07) is 0. The van der Waals surface area contributed by atoms with Crippen molar-refractivity contribution < 1.29 is 9.53 Å². The van der Waals surface area contributed by atoms with Gasteiger partial charge in [0.15, 0.2) is 0 Å². The summed E-state index contributed by atoms with van der Waals surface area (Å²) in [7, 11) is 0. The van der Waals surface area contributed by atoms with Crippen LogP contribution in [0.5, 0.6) is 0 Å². The zero-order chi connectivity index (χ0) is 10.6. The zero-order valence-corrected chi connectivity index (χ0v) is 9.56. The predicted octanol–water partition coefficient (Wildman–Crippen LogP) is 1.69. The third kappa shape index (κ3) is 3.46. The highest BCUT2D eigenvalue weighted by Crippen LogP contribution is 2.14. The summed E-state index contributed by atoms with van der Waals surface area (Å²) in [4.78, 5) is 11.7. The van der Waals surface area contributed by atoms with Gasteiger partial charge >= 0.3 is 0 Å². The molecule has 1 aliphatic heterocycles. The molecule has 0 aromatic heterocycles. The third-order valence-electron chi connectivity index (χ3n) is 2.27. The molecule has 14 heavy (non-hydrogen) atoms. The van der Waals surface area contributed by atoms with Crippen molar-refractivity contribution in [1.82, 2.24) is 5.32 Å². The van der Waals surface area contributed by atoms with E-state index >= 15 is 0 Å². The number of nitrogens with one attached hydrogen (secondary N) is 1. The van der Waals surface area contributed by atoms with E-state index in [-0.39, 0.29) is 17.6 Å². The Hall–Kier alpha value is -0.280. The van der Waals surface area contributed by atoms with E-state index in [1.54, 1.807) is 0 Å². The van der Waals surface area contributed by atoms with Crippen LogP contribution in [-0.2, 0) is 9.53 Å². The summed E-state index contributed by atoms with van der Waals surface area (Å²) in [6.07, 6.45) is 2.68. The fourth-order valence-corrected chi connectivity index (χ4v) is 1.46. The number of ether oxygens (including phenoxy) is 1. The van der Waals surface area contributed by atoms with E-state index in [2.05, 4.69) is 5.32 Å². The Morgan fingerprint density at radius 1 is 1.57 bits per heavy atom. The van der Waals surface area contributed by atoms with Crippen LogP contribution < -0.4 is 5.32 Å². The van der Waals surface area contributed by atoms with Crippen LogP contribution in [0.4, 0.5) is 0 Å². The molecule has 0 bridgehead atoms. The van der Waals surface area contributed by atoms with Gasteiger partial charge in [-0.25, -0.2) is 0 Å². The van der Waals surface area contributed by atoms with Gasteiger partial charge in [-0.1, -0.05) is 0 Å². The maximum Gasteiger partial charge on any atom is 0.249 e. The number of alkyl halides is 1. The third-order valence-corrected chi connectivity index (χ3v) is 2.94. The number of hydrogen-bond acceptors (Lipinski definition) is 2. The van der Waals surface area contributed by atoms with Crippen molar-refractivity contribution in [1.29, 1.82) is 0 Å². The van der Waals surface area contributed by atoms with E-state index in [9.17, 15) is 4.79 Å². The Labute approximate surface area is 90.1 Å². The van der Waals surface area contributed by atoms with Gasteiger partial charge in [0.05, 0.1) is 0 Å². The van der Waals surface area contributed by atoms with Gasteiger partial charge < -0.3 is 10.1 Å². The summed E-state index contributed by atoms with van der Waals surface area (Å²) in [6.45, 7) is 4.50. The Morgan fingerprint density at radius 3 is 2.79 bits per heavy atom. The number of amides is 1. The van der Waals surface area contributed by atoms with Crippen LogP contribution in [0.15, 0.2) is 0 Å². The molecule has 1 rings (SSSR count). The lowest BCUT2D eigenvalue weighted by molar-refractivity contribution is -0.136. The highest BCUT2D eigenvalue weighted by atomic mass is 35.5. The standard InChI is InChI=1S/C10H18ClNO2/c1-10(2,7-11)12-9(13)8-5-3-4-6-14-8/h8H,3-7H2,1-2H3,(H,12,13). The van der Waals surface area contributed by atoms with Crippen molar-refractivity contribution in [2.45, 2.75) is 44.8 Å². The van der Waals surface area contributed by atoms with Gasteiger partial charge in [0.25, 0.3) is 0 Å². The Kier molecular flexibility index (Phi) is 4.20. The van der Waals surface area contributed by atoms with Crippen LogP contribution in [0, 0.1) is 0 Å². The molecule has 0 aromatic carbocycles. The minimum absolute atomic E-state index is 0.0321. The smallest absolute Gasteiger partial charge is 0.249 e. The number of carbonyl (C=O) groups excluding carboxylic acids is 1. The first kappa shape index (κ1) is 11.8. The Bertz CT molecular complexity index is 200. The van der Waals surface area contributed by atoms with Crippen LogP contribution in [0.2, 0.25) is 0 Å². The van der Waals surface area contributed by atoms with Gasteiger partial charge in [0.2, 0.25) is 5.91 Å². The van der Waals surface area contributed by atoms with E-state index in [1.165, 1.54) is 0 Å². The Morgan fingerprint density at radius 2 is 2.29 bits per heavy atom. The highest BCUT2D eigenvalue weighted by molar-refractivity contribution is 6.18. The molecule has 0 aliphatic carbocycles. The average Bonchev–Trinajstić information content (AvgIpc) is 2.19. The number of rotatable bonds is 3. The quantitative estimate of drug-likeness (QED) is 0.734. The topological polar surface area (TPSA) is 38.3 Å². The lowest BCUT2D eigenvalue weighted by Gasteiger charge is -2.28. The monoisotopic (exact) mass is 219 g/mol. The molecule has 1 amide bonds. The molecule has 1 aliphatic rings. The van der Waals surface area contributed by atoms with Crippen LogP contribution in [0.1, 0.15) is 33.1 Å². The van der Waals surface area contributed by atoms with Crippen molar-refractivity contribution in [3.05, 3.63) is 0 Å². The van der Waals surface area contributed by atoms with Crippen molar-refractivity contribution in [2.75, 3.05) is 12.5 Å².